The number of unbranched alkanes of at least 4 members (excludes halogenated alkanes) is 1. The number of nitrogens with zero attached hydrogens (tertiary/aromatic N) is 1. The summed E-state index contributed by atoms with van der Waals surface area (Å²) in [5.74, 6) is -0.198. The second kappa shape index (κ2) is 9.93. The van der Waals surface area contributed by atoms with Gasteiger partial charge in [-0.25, -0.2) is 0 Å². The molecular formula is C20H24N2OS. The molecular weight excluding hydrogens is 316 g/mol. The quantitative estimate of drug-likeness (QED) is 0.479. The van der Waals surface area contributed by atoms with Gasteiger partial charge in [-0.1, -0.05) is 59.8 Å². The monoisotopic (exact) mass is 340 g/mol. The van der Waals surface area contributed by atoms with Crippen LogP contribution in [0.25, 0.3) is 0 Å². The highest BCUT2D eigenvalue weighted by atomic mass is 32.2. The molecule has 126 valence electrons. The molecule has 4 heteroatoms. The second-order valence-electron chi connectivity index (χ2n) is 5.66. The number of hydrogen-bond acceptors (Lipinski definition) is 2. The number of nitrogens with one attached hydrogen (secondary N) is 1. The van der Waals surface area contributed by atoms with Crippen LogP contribution in [0.1, 0.15) is 34.3 Å². The molecule has 3 nitrogen and oxygen atoms in total. The van der Waals surface area contributed by atoms with Gasteiger partial charge in [0.25, 0.3) is 5.91 Å². The lowest BCUT2D eigenvalue weighted by molar-refractivity contribution is 0.100. The van der Waals surface area contributed by atoms with Gasteiger partial charge in [0, 0.05) is 12.1 Å². The number of thioether (sulfide) groups is 1. The first-order chi connectivity index (χ1) is 11.7. The van der Waals surface area contributed by atoms with Gasteiger partial charge in [-0.2, -0.15) is 4.99 Å². The number of benzene rings is 2. The van der Waals surface area contributed by atoms with E-state index in [-0.39, 0.29) is 5.91 Å². The number of carbonyl (C=O) groups excluding carboxylic acids is 1. The minimum atomic E-state index is -0.198. The molecule has 2 rings (SSSR count). The van der Waals surface area contributed by atoms with Gasteiger partial charge in [0.1, 0.15) is 0 Å². The number of aryl methyl sites for hydroxylation is 2. The number of hydrogen-bond donors (Lipinski definition) is 1. The highest BCUT2D eigenvalue weighted by molar-refractivity contribution is 8.13. The van der Waals surface area contributed by atoms with Crippen molar-refractivity contribution >= 4 is 22.8 Å². The minimum absolute atomic E-state index is 0.198. The SMILES string of the molecule is CSC(=NC(=O)c1ccc(C)cc1)NCCCCc1ccccc1. The molecule has 0 aromatic heterocycles. The first kappa shape index (κ1) is 18.3. The zero-order valence-corrected chi connectivity index (χ0v) is 15.1. The van der Waals surface area contributed by atoms with E-state index in [4.69, 9.17) is 0 Å². The van der Waals surface area contributed by atoms with Crippen LogP contribution in [0.4, 0.5) is 0 Å². The van der Waals surface area contributed by atoms with Crippen LogP contribution < -0.4 is 5.32 Å². The first-order valence-electron chi connectivity index (χ1n) is 8.20. The fourth-order valence-electron chi connectivity index (χ4n) is 2.30. The largest absolute Gasteiger partial charge is 0.365 e. The molecule has 1 N–H and O–H groups in total. The van der Waals surface area contributed by atoms with Crippen LogP contribution >= 0.6 is 11.8 Å². The maximum Gasteiger partial charge on any atom is 0.279 e. The van der Waals surface area contributed by atoms with Crippen molar-refractivity contribution in [1.82, 2.24) is 5.32 Å². The number of amides is 1. The van der Waals surface area contributed by atoms with Crippen LogP contribution in [-0.2, 0) is 6.42 Å². The van der Waals surface area contributed by atoms with Crippen molar-refractivity contribution in [1.29, 1.82) is 0 Å². The molecule has 0 aliphatic heterocycles. The normalized spacial score (nSPS) is 11.3. The van der Waals surface area contributed by atoms with E-state index in [0.717, 1.165) is 31.4 Å². The van der Waals surface area contributed by atoms with E-state index in [0.29, 0.717) is 10.7 Å². The molecule has 0 aliphatic carbocycles. The Morgan fingerprint density at radius 1 is 1.04 bits per heavy atom. The summed E-state index contributed by atoms with van der Waals surface area (Å²) in [4.78, 5) is 16.3. The predicted octanol–water partition coefficient (Wildman–Crippen LogP) is 4.47. The Labute approximate surface area is 148 Å². The van der Waals surface area contributed by atoms with E-state index >= 15 is 0 Å². The highest BCUT2D eigenvalue weighted by Crippen LogP contribution is 2.07. The molecule has 0 fully saturated rings. The van der Waals surface area contributed by atoms with Crippen molar-refractivity contribution < 1.29 is 4.79 Å². The van der Waals surface area contributed by atoms with Crippen LogP contribution in [0.2, 0.25) is 0 Å². The molecule has 0 spiro atoms. The summed E-state index contributed by atoms with van der Waals surface area (Å²) < 4.78 is 0. The summed E-state index contributed by atoms with van der Waals surface area (Å²) in [7, 11) is 0. The van der Waals surface area contributed by atoms with Gasteiger partial charge in [-0.3, -0.25) is 4.79 Å². The number of carbonyl (C=O) groups is 1. The maximum absolute atomic E-state index is 12.2. The average Bonchev–Trinajstić information content (AvgIpc) is 2.61. The van der Waals surface area contributed by atoms with Crippen molar-refractivity contribution in [2.45, 2.75) is 26.2 Å². The van der Waals surface area contributed by atoms with Gasteiger partial charge >= 0.3 is 0 Å². The highest BCUT2D eigenvalue weighted by Gasteiger charge is 2.06. The van der Waals surface area contributed by atoms with Crippen LogP contribution in [0.3, 0.4) is 0 Å². The third-order valence-electron chi connectivity index (χ3n) is 3.71. The summed E-state index contributed by atoms with van der Waals surface area (Å²) >= 11 is 1.47. The van der Waals surface area contributed by atoms with Gasteiger partial charge in [0.05, 0.1) is 0 Å². The fourth-order valence-corrected chi connectivity index (χ4v) is 2.72. The Morgan fingerprint density at radius 3 is 2.42 bits per heavy atom. The summed E-state index contributed by atoms with van der Waals surface area (Å²) in [6.07, 6.45) is 5.17. The topological polar surface area (TPSA) is 41.5 Å². The third-order valence-corrected chi connectivity index (χ3v) is 4.33. The zero-order chi connectivity index (χ0) is 17.2. The van der Waals surface area contributed by atoms with Crippen LogP contribution in [0, 0.1) is 6.92 Å². The van der Waals surface area contributed by atoms with Gasteiger partial charge in [-0.05, 0) is 50.1 Å². The van der Waals surface area contributed by atoms with E-state index < -0.39 is 0 Å². The van der Waals surface area contributed by atoms with Gasteiger partial charge in [0.2, 0.25) is 0 Å². The first-order valence-corrected chi connectivity index (χ1v) is 9.43. The van der Waals surface area contributed by atoms with Gasteiger partial charge < -0.3 is 5.32 Å². The molecule has 0 unspecified atom stereocenters. The predicted molar refractivity (Wildman–Crippen MR) is 104 cm³/mol. The fraction of sp³-hybridized carbons (Fsp3) is 0.300. The Morgan fingerprint density at radius 2 is 1.75 bits per heavy atom. The summed E-state index contributed by atoms with van der Waals surface area (Å²) in [5, 5.41) is 3.94. The van der Waals surface area contributed by atoms with E-state index in [1.54, 1.807) is 0 Å². The zero-order valence-electron chi connectivity index (χ0n) is 14.3. The summed E-state index contributed by atoms with van der Waals surface area (Å²) in [6, 6.07) is 18.0. The molecule has 0 heterocycles. The molecule has 0 atom stereocenters. The second-order valence-corrected chi connectivity index (χ2v) is 6.46. The molecule has 0 bridgehead atoms. The van der Waals surface area contributed by atoms with Crippen LogP contribution in [0.5, 0.6) is 0 Å². The molecule has 24 heavy (non-hydrogen) atoms. The Hall–Kier alpha value is -2.07. The number of amidine groups is 1. The van der Waals surface area contributed by atoms with E-state index in [1.807, 2.05) is 43.5 Å². The van der Waals surface area contributed by atoms with E-state index in [9.17, 15) is 4.79 Å². The van der Waals surface area contributed by atoms with Gasteiger partial charge in [0.15, 0.2) is 5.17 Å². The smallest absolute Gasteiger partial charge is 0.279 e. The lowest BCUT2D eigenvalue weighted by atomic mass is 10.1. The third kappa shape index (κ3) is 6.20. The number of aliphatic imine (C=N–C) groups is 1. The standard InChI is InChI=1S/C20H24N2OS/c1-16-11-13-18(14-12-16)19(23)22-20(24-2)21-15-7-6-10-17-8-4-3-5-9-17/h3-5,8-9,11-14H,6-7,10,15H2,1-2H3,(H,21,22,23). The lowest BCUT2D eigenvalue weighted by Crippen LogP contribution is -2.22. The number of rotatable bonds is 6. The van der Waals surface area contributed by atoms with Crippen LogP contribution in [-0.4, -0.2) is 23.9 Å². The molecule has 0 aliphatic rings. The van der Waals surface area contributed by atoms with E-state index in [1.165, 1.54) is 17.3 Å². The van der Waals surface area contributed by atoms with Crippen molar-refractivity contribution in [3.63, 3.8) is 0 Å². The molecule has 2 aromatic rings. The van der Waals surface area contributed by atoms with Crippen molar-refractivity contribution in [3.05, 3.63) is 71.3 Å². The Balaban J connectivity index is 1.76. The van der Waals surface area contributed by atoms with Crippen molar-refractivity contribution in [2.75, 3.05) is 12.8 Å². The molecule has 0 saturated carbocycles. The minimum Gasteiger partial charge on any atom is -0.365 e. The van der Waals surface area contributed by atoms with Crippen LogP contribution in [0.15, 0.2) is 59.6 Å². The van der Waals surface area contributed by atoms with E-state index in [2.05, 4.69) is 34.6 Å². The van der Waals surface area contributed by atoms with Gasteiger partial charge in [-0.15, -0.1) is 0 Å². The van der Waals surface area contributed by atoms with Crippen molar-refractivity contribution in [3.8, 4) is 0 Å². The summed E-state index contributed by atoms with van der Waals surface area (Å²) in [5.41, 5.74) is 3.13. The average molecular weight is 340 g/mol. The maximum atomic E-state index is 12.2. The lowest BCUT2D eigenvalue weighted by Gasteiger charge is -2.07. The van der Waals surface area contributed by atoms with Crippen molar-refractivity contribution in [2.24, 2.45) is 4.99 Å². The Kier molecular flexibility index (Phi) is 7.56. The molecule has 2 aromatic carbocycles. The Bertz CT molecular complexity index is 666. The molecule has 0 radical (unpaired) electrons. The molecule has 1 amide bonds. The molecule has 0 saturated heterocycles. The summed E-state index contributed by atoms with van der Waals surface area (Å²) in [6.45, 7) is 2.83.